The Kier molecular flexibility index (Phi) is 11.7. The quantitative estimate of drug-likeness (QED) is 0.437. The van der Waals surface area contributed by atoms with Gasteiger partial charge in [-0.15, -0.1) is 0 Å². The number of ether oxygens (including phenoxy) is 2. The molecule has 35 heavy (non-hydrogen) atoms. The molecule has 0 aromatic heterocycles. The van der Waals surface area contributed by atoms with Crippen molar-refractivity contribution in [3.05, 3.63) is 35.9 Å². The van der Waals surface area contributed by atoms with Crippen LogP contribution in [0.4, 0.5) is 0 Å². The molecule has 1 aromatic carbocycles. The summed E-state index contributed by atoms with van der Waals surface area (Å²) >= 11 is 0. The van der Waals surface area contributed by atoms with Gasteiger partial charge in [0, 0.05) is 20.8 Å². The number of carbonyl (C=O) groups is 2. The van der Waals surface area contributed by atoms with Gasteiger partial charge in [0.05, 0.1) is 42.7 Å². The summed E-state index contributed by atoms with van der Waals surface area (Å²) in [6.07, 6.45) is 1.66. The van der Waals surface area contributed by atoms with E-state index in [0.29, 0.717) is 18.9 Å². The molecule has 2 amide bonds. The monoisotopic (exact) mass is 490 g/mol. The third kappa shape index (κ3) is 7.51. The average molecular weight is 491 g/mol. The first kappa shape index (κ1) is 29.3. The van der Waals surface area contributed by atoms with E-state index in [1.165, 1.54) is 0 Å². The summed E-state index contributed by atoms with van der Waals surface area (Å²) in [7, 11) is 3.27. The lowest BCUT2D eigenvalue weighted by Crippen LogP contribution is -2.51. The number of carbonyl (C=O) groups excluding carboxylic acids is 2. The lowest BCUT2D eigenvalue weighted by molar-refractivity contribution is -0.143. The molecule has 2 N–H and O–H groups in total. The normalized spacial score (nSPS) is 22.1. The molecular formula is C28H46N2O5. The van der Waals surface area contributed by atoms with E-state index in [1.54, 1.807) is 21.1 Å². The van der Waals surface area contributed by atoms with Crippen LogP contribution in [0.1, 0.15) is 72.0 Å². The molecule has 0 bridgehead atoms. The third-order valence-electron chi connectivity index (χ3n) is 7.97. The maximum Gasteiger partial charge on any atom is 0.225 e. The summed E-state index contributed by atoms with van der Waals surface area (Å²) in [4.78, 5) is 28.3. The Labute approximate surface area is 211 Å². The van der Waals surface area contributed by atoms with Gasteiger partial charge in [0.15, 0.2) is 0 Å². The first-order valence-electron chi connectivity index (χ1n) is 13.0. The highest BCUT2D eigenvalue weighted by molar-refractivity contribution is 5.80. The second-order valence-electron chi connectivity index (χ2n) is 10.2. The summed E-state index contributed by atoms with van der Waals surface area (Å²) in [5, 5.41) is 13.6. The summed E-state index contributed by atoms with van der Waals surface area (Å²) in [5.74, 6) is 0.109. The molecule has 1 aliphatic heterocycles. The van der Waals surface area contributed by atoms with E-state index in [9.17, 15) is 14.7 Å². The van der Waals surface area contributed by atoms with E-state index in [2.05, 4.69) is 26.1 Å². The summed E-state index contributed by atoms with van der Waals surface area (Å²) in [6.45, 7) is 10.8. The van der Waals surface area contributed by atoms with Crippen LogP contribution in [0.25, 0.3) is 0 Å². The number of likely N-dealkylation sites (tertiary alicyclic amines) is 1. The fourth-order valence-corrected chi connectivity index (χ4v) is 5.17. The van der Waals surface area contributed by atoms with E-state index >= 15 is 0 Å². The molecule has 1 fully saturated rings. The van der Waals surface area contributed by atoms with Gasteiger partial charge in [-0.25, -0.2) is 0 Å². The van der Waals surface area contributed by atoms with Gasteiger partial charge >= 0.3 is 0 Å². The van der Waals surface area contributed by atoms with Crippen LogP contribution in [-0.4, -0.2) is 66.9 Å². The van der Waals surface area contributed by atoms with Gasteiger partial charge in [-0.1, -0.05) is 64.4 Å². The van der Waals surface area contributed by atoms with E-state index < -0.39 is 24.2 Å². The van der Waals surface area contributed by atoms with Crippen LogP contribution in [0.15, 0.2) is 30.3 Å². The lowest BCUT2D eigenvalue weighted by Gasteiger charge is -2.36. The highest BCUT2D eigenvalue weighted by Gasteiger charge is 2.41. The number of aliphatic hydroxyl groups is 1. The SMILES string of the molecule is CC[C@H](C)[C@H](C)[C@@H](CC(=O)N1CCC[C@H]1[C@H](OC)[C@@H](C)C(=O)N[C@H](C)[C@@H](O)c1ccccc1)OC. The van der Waals surface area contributed by atoms with Gasteiger partial charge < -0.3 is 24.8 Å². The molecule has 0 aliphatic carbocycles. The zero-order chi connectivity index (χ0) is 26.1. The molecule has 1 heterocycles. The molecule has 1 saturated heterocycles. The van der Waals surface area contributed by atoms with Crippen LogP contribution >= 0.6 is 0 Å². The van der Waals surface area contributed by atoms with E-state index in [0.717, 1.165) is 24.8 Å². The molecule has 1 aromatic rings. The van der Waals surface area contributed by atoms with Gasteiger partial charge in [0.1, 0.15) is 0 Å². The molecule has 7 heteroatoms. The van der Waals surface area contributed by atoms with E-state index in [4.69, 9.17) is 9.47 Å². The van der Waals surface area contributed by atoms with Gasteiger partial charge in [0.2, 0.25) is 11.8 Å². The largest absolute Gasteiger partial charge is 0.386 e. The highest BCUT2D eigenvalue weighted by Crippen LogP contribution is 2.29. The maximum atomic E-state index is 13.3. The predicted octanol–water partition coefficient (Wildman–Crippen LogP) is 3.95. The first-order chi connectivity index (χ1) is 16.7. The number of benzene rings is 1. The molecule has 7 nitrogen and oxygen atoms in total. The van der Waals surface area contributed by atoms with Crippen molar-refractivity contribution < 1.29 is 24.2 Å². The minimum absolute atomic E-state index is 0.0528. The van der Waals surface area contributed by atoms with Gasteiger partial charge in [-0.3, -0.25) is 9.59 Å². The van der Waals surface area contributed by atoms with E-state index in [1.807, 2.05) is 42.2 Å². The zero-order valence-electron chi connectivity index (χ0n) is 22.6. The predicted molar refractivity (Wildman–Crippen MR) is 138 cm³/mol. The fourth-order valence-electron chi connectivity index (χ4n) is 5.17. The number of aliphatic hydroxyl groups excluding tert-OH is 1. The van der Waals surface area contributed by atoms with Crippen molar-refractivity contribution in [2.45, 2.75) is 90.7 Å². The van der Waals surface area contributed by atoms with Crippen molar-refractivity contribution >= 4 is 11.8 Å². The second-order valence-corrected chi connectivity index (χ2v) is 10.2. The molecule has 0 saturated carbocycles. The second kappa shape index (κ2) is 14.0. The minimum atomic E-state index is -0.809. The Bertz CT molecular complexity index is 789. The number of nitrogens with one attached hydrogen (secondary N) is 1. The number of nitrogens with zero attached hydrogens (tertiary/aromatic N) is 1. The molecule has 0 spiro atoms. The number of hydrogen-bond acceptors (Lipinski definition) is 5. The number of methoxy groups -OCH3 is 2. The third-order valence-corrected chi connectivity index (χ3v) is 7.97. The van der Waals surface area contributed by atoms with Gasteiger partial charge in [-0.2, -0.15) is 0 Å². The average Bonchev–Trinajstić information content (AvgIpc) is 3.36. The summed E-state index contributed by atoms with van der Waals surface area (Å²) in [5.41, 5.74) is 0.753. The Morgan fingerprint density at radius 1 is 1.11 bits per heavy atom. The number of rotatable bonds is 13. The van der Waals surface area contributed by atoms with Crippen LogP contribution in [0, 0.1) is 17.8 Å². The smallest absolute Gasteiger partial charge is 0.225 e. The van der Waals surface area contributed by atoms with Crippen molar-refractivity contribution in [2.24, 2.45) is 17.8 Å². The molecule has 8 atom stereocenters. The van der Waals surface area contributed by atoms with Crippen LogP contribution in [0.5, 0.6) is 0 Å². The van der Waals surface area contributed by atoms with Gasteiger partial charge in [-0.05, 0) is 37.2 Å². The lowest BCUT2D eigenvalue weighted by atomic mass is 9.87. The van der Waals surface area contributed by atoms with Crippen molar-refractivity contribution in [3.8, 4) is 0 Å². The zero-order valence-corrected chi connectivity index (χ0v) is 22.6. The molecule has 1 aliphatic rings. The van der Waals surface area contributed by atoms with Crippen molar-refractivity contribution in [1.29, 1.82) is 0 Å². The highest BCUT2D eigenvalue weighted by atomic mass is 16.5. The number of hydrogen-bond donors (Lipinski definition) is 2. The van der Waals surface area contributed by atoms with Crippen molar-refractivity contribution in [2.75, 3.05) is 20.8 Å². The molecular weight excluding hydrogens is 444 g/mol. The summed E-state index contributed by atoms with van der Waals surface area (Å²) in [6, 6.07) is 8.66. The molecule has 0 unspecified atom stereocenters. The van der Waals surface area contributed by atoms with Gasteiger partial charge in [0.25, 0.3) is 0 Å². The van der Waals surface area contributed by atoms with Crippen LogP contribution < -0.4 is 5.32 Å². The van der Waals surface area contributed by atoms with Crippen LogP contribution in [-0.2, 0) is 19.1 Å². The van der Waals surface area contributed by atoms with Crippen molar-refractivity contribution in [1.82, 2.24) is 10.2 Å². The summed E-state index contributed by atoms with van der Waals surface area (Å²) < 4.78 is 11.5. The molecule has 198 valence electrons. The minimum Gasteiger partial charge on any atom is -0.386 e. The number of amides is 2. The first-order valence-corrected chi connectivity index (χ1v) is 13.0. The van der Waals surface area contributed by atoms with E-state index in [-0.39, 0.29) is 29.9 Å². The Balaban J connectivity index is 2.05. The Hall–Kier alpha value is -1.96. The standard InChI is InChI=1S/C28H46N2O5/c1-8-18(2)19(3)24(34-6)17-25(31)30-16-12-15-23(30)27(35-7)20(4)28(33)29-21(5)26(32)22-13-10-9-11-14-22/h9-11,13-14,18-21,23-24,26-27,32H,8,12,15-17H2,1-7H3,(H,29,33)/t18-,19-,20+,21+,23-,24+,26+,27+/m0/s1. The van der Waals surface area contributed by atoms with Crippen LogP contribution in [0.3, 0.4) is 0 Å². The fraction of sp³-hybridized carbons (Fsp3) is 0.714. The van der Waals surface area contributed by atoms with Crippen molar-refractivity contribution in [3.63, 3.8) is 0 Å². The topological polar surface area (TPSA) is 88.1 Å². The Morgan fingerprint density at radius 2 is 1.77 bits per heavy atom. The Morgan fingerprint density at radius 3 is 2.34 bits per heavy atom. The molecule has 2 rings (SSSR count). The maximum absolute atomic E-state index is 13.3. The van der Waals surface area contributed by atoms with Crippen LogP contribution in [0.2, 0.25) is 0 Å². The molecule has 0 radical (unpaired) electrons.